The molecule has 0 saturated carbocycles. The summed E-state index contributed by atoms with van der Waals surface area (Å²) in [7, 11) is 1.33. The number of rotatable bonds is 6. The van der Waals surface area contributed by atoms with Crippen LogP contribution in [0.15, 0.2) is 65.6 Å². The summed E-state index contributed by atoms with van der Waals surface area (Å²) in [4.78, 5) is 24.3. The summed E-state index contributed by atoms with van der Waals surface area (Å²) in [5.74, 6) is -1.13. The lowest BCUT2D eigenvalue weighted by Gasteiger charge is -2.10. The van der Waals surface area contributed by atoms with Crippen LogP contribution in [0.5, 0.6) is 0 Å². The van der Waals surface area contributed by atoms with E-state index in [1.54, 1.807) is 35.0 Å². The molecule has 2 aromatic heterocycles. The predicted molar refractivity (Wildman–Crippen MR) is 118 cm³/mol. The van der Waals surface area contributed by atoms with Crippen molar-refractivity contribution in [2.24, 2.45) is 0 Å². The first-order valence-electron chi connectivity index (χ1n) is 10.1. The minimum atomic E-state index is -0.399. The van der Waals surface area contributed by atoms with Crippen molar-refractivity contribution < 1.29 is 18.3 Å². The number of fused-ring (bicyclic) bond motifs is 1. The molecule has 0 radical (unpaired) electrons. The van der Waals surface area contributed by atoms with Gasteiger partial charge in [0.25, 0.3) is 5.56 Å². The first kappa shape index (κ1) is 21.5. The van der Waals surface area contributed by atoms with Crippen LogP contribution in [-0.4, -0.2) is 22.2 Å². The predicted octanol–water partition coefficient (Wildman–Crippen LogP) is 4.20. The van der Waals surface area contributed by atoms with E-state index in [9.17, 15) is 18.4 Å². The zero-order valence-electron chi connectivity index (χ0n) is 17.8. The smallest absolute Gasteiger partial charge is 0.325 e. The minimum absolute atomic E-state index is 0.0174. The summed E-state index contributed by atoms with van der Waals surface area (Å²) in [5, 5.41) is 0.703. The van der Waals surface area contributed by atoms with Gasteiger partial charge in [0, 0.05) is 35.3 Å². The summed E-state index contributed by atoms with van der Waals surface area (Å²) in [5.41, 5.74) is 3.73. The summed E-state index contributed by atoms with van der Waals surface area (Å²) in [6.45, 7) is 2.13. The molecule has 0 saturated heterocycles. The van der Waals surface area contributed by atoms with Gasteiger partial charge in [0.15, 0.2) is 0 Å². The van der Waals surface area contributed by atoms with Crippen LogP contribution in [0.1, 0.15) is 22.4 Å². The van der Waals surface area contributed by atoms with Gasteiger partial charge in [0.2, 0.25) is 0 Å². The molecule has 4 aromatic rings. The van der Waals surface area contributed by atoms with E-state index in [2.05, 4.69) is 0 Å². The Morgan fingerprint density at radius 3 is 2.53 bits per heavy atom. The maximum Gasteiger partial charge on any atom is 0.325 e. The van der Waals surface area contributed by atoms with E-state index < -0.39 is 5.97 Å². The van der Waals surface area contributed by atoms with Gasteiger partial charge in [-0.05, 0) is 53.9 Å². The van der Waals surface area contributed by atoms with E-state index in [0.29, 0.717) is 17.4 Å². The van der Waals surface area contributed by atoms with Gasteiger partial charge in [0.05, 0.1) is 13.7 Å². The molecule has 0 aliphatic carbocycles. The number of carbonyl (C=O) groups is 1. The Labute approximate surface area is 183 Å². The number of carbonyl (C=O) groups excluding carboxylic acids is 1. The molecule has 0 spiro atoms. The molecule has 0 atom stereocenters. The number of hydrogen-bond donors (Lipinski definition) is 0. The largest absolute Gasteiger partial charge is 0.468 e. The highest BCUT2D eigenvalue weighted by Gasteiger charge is 2.17. The van der Waals surface area contributed by atoms with Crippen molar-refractivity contribution in [1.82, 2.24) is 9.13 Å². The molecule has 0 amide bonds. The minimum Gasteiger partial charge on any atom is -0.468 e. The van der Waals surface area contributed by atoms with Crippen molar-refractivity contribution in [3.8, 4) is 0 Å². The quantitative estimate of drug-likeness (QED) is 0.426. The van der Waals surface area contributed by atoms with E-state index >= 15 is 0 Å². The van der Waals surface area contributed by atoms with Crippen LogP contribution < -0.4 is 5.56 Å². The van der Waals surface area contributed by atoms with Gasteiger partial charge in [-0.1, -0.05) is 18.2 Å². The number of nitrogens with zero attached hydrogens (tertiary/aromatic N) is 2. The zero-order chi connectivity index (χ0) is 22.8. The Hall–Kier alpha value is -3.74. The van der Waals surface area contributed by atoms with Crippen LogP contribution in [0.2, 0.25) is 0 Å². The van der Waals surface area contributed by atoms with Crippen LogP contribution in [0, 0.1) is 18.6 Å². The maximum absolute atomic E-state index is 14.0. The van der Waals surface area contributed by atoms with Crippen molar-refractivity contribution in [2.75, 3.05) is 7.11 Å². The lowest BCUT2D eigenvalue weighted by molar-refractivity contribution is -0.141. The summed E-state index contributed by atoms with van der Waals surface area (Å²) in [6, 6.07) is 13.8. The number of ether oxygens (including phenoxy) is 1. The molecule has 0 N–H and O–H groups in total. The number of hydrogen-bond acceptors (Lipinski definition) is 3. The van der Waals surface area contributed by atoms with Crippen LogP contribution in [0.4, 0.5) is 8.78 Å². The number of halogens is 2. The van der Waals surface area contributed by atoms with Crippen molar-refractivity contribution in [3.63, 3.8) is 0 Å². The number of benzene rings is 2. The molecule has 0 fully saturated rings. The second kappa shape index (κ2) is 8.78. The summed E-state index contributed by atoms with van der Waals surface area (Å²) >= 11 is 0. The Morgan fingerprint density at radius 1 is 1.00 bits per heavy atom. The zero-order valence-corrected chi connectivity index (χ0v) is 17.8. The molecule has 4 rings (SSSR count). The molecule has 164 valence electrons. The van der Waals surface area contributed by atoms with E-state index in [1.165, 1.54) is 42.0 Å². The topological polar surface area (TPSA) is 53.2 Å². The average molecular weight is 436 g/mol. The summed E-state index contributed by atoms with van der Waals surface area (Å²) < 4.78 is 35.7. The van der Waals surface area contributed by atoms with Crippen LogP contribution in [0.25, 0.3) is 10.9 Å². The third-order valence-electron chi connectivity index (χ3n) is 5.60. The Morgan fingerprint density at radius 2 is 1.78 bits per heavy atom. The second-order valence-electron chi connectivity index (χ2n) is 7.70. The molecule has 0 aliphatic heterocycles. The fourth-order valence-corrected chi connectivity index (χ4v) is 3.99. The van der Waals surface area contributed by atoms with Gasteiger partial charge in [-0.15, -0.1) is 0 Å². The van der Waals surface area contributed by atoms with Gasteiger partial charge in [-0.2, -0.15) is 0 Å². The Kier molecular flexibility index (Phi) is 5.90. The van der Waals surface area contributed by atoms with Gasteiger partial charge in [-0.25, -0.2) is 8.78 Å². The number of esters is 1. The van der Waals surface area contributed by atoms with Crippen LogP contribution >= 0.6 is 0 Å². The fraction of sp³-hybridized carbons (Fsp3) is 0.200. The highest BCUT2D eigenvalue weighted by atomic mass is 19.1. The molecular formula is C25H22F2N2O3. The fourth-order valence-electron chi connectivity index (χ4n) is 3.99. The van der Waals surface area contributed by atoms with Gasteiger partial charge in [-0.3, -0.25) is 9.59 Å². The van der Waals surface area contributed by atoms with E-state index in [0.717, 1.165) is 22.3 Å². The van der Waals surface area contributed by atoms with Crippen molar-refractivity contribution in [3.05, 3.63) is 105 Å². The molecule has 7 heteroatoms. The Balaban J connectivity index is 1.73. The van der Waals surface area contributed by atoms with Crippen molar-refractivity contribution in [2.45, 2.75) is 26.4 Å². The molecule has 32 heavy (non-hydrogen) atoms. The van der Waals surface area contributed by atoms with Crippen LogP contribution in [-0.2, 0) is 29.0 Å². The van der Waals surface area contributed by atoms with E-state index in [-0.39, 0.29) is 30.3 Å². The molecule has 2 aromatic carbocycles. The van der Waals surface area contributed by atoms with Crippen molar-refractivity contribution >= 4 is 16.9 Å². The number of methoxy groups -OCH3 is 1. The lowest BCUT2D eigenvalue weighted by Crippen LogP contribution is -2.20. The third-order valence-corrected chi connectivity index (χ3v) is 5.60. The highest BCUT2D eigenvalue weighted by Crippen LogP contribution is 2.29. The SMILES string of the molecule is COC(=O)Cn1c(C)c(Cc2ccc(=O)n(Cc3cccc(F)c3)c2)c2cc(F)ccc21. The molecular weight excluding hydrogens is 414 g/mol. The molecule has 5 nitrogen and oxygen atoms in total. The van der Waals surface area contributed by atoms with E-state index in [4.69, 9.17) is 4.74 Å². The summed E-state index contributed by atoms with van der Waals surface area (Å²) in [6.07, 6.45) is 2.17. The molecule has 2 heterocycles. The average Bonchev–Trinajstić information content (AvgIpc) is 3.01. The van der Waals surface area contributed by atoms with E-state index in [1.807, 2.05) is 6.92 Å². The number of pyridine rings is 1. The van der Waals surface area contributed by atoms with Gasteiger partial charge < -0.3 is 13.9 Å². The first-order chi connectivity index (χ1) is 15.4. The molecule has 0 bridgehead atoms. The van der Waals surface area contributed by atoms with Gasteiger partial charge in [0.1, 0.15) is 18.2 Å². The highest BCUT2D eigenvalue weighted by molar-refractivity contribution is 5.87. The third kappa shape index (κ3) is 4.32. The van der Waals surface area contributed by atoms with Gasteiger partial charge >= 0.3 is 5.97 Å². The lowest BCUT2D eigenvalue weighted by atomic mass is 10.0. The normalized spacial score (nSPS) is 11.1. The second-order valence-corrected chi connectivity index (χ2v) is 7.70. The Bertz CT molecular complexity index is 1370. The van der Waals surface area contributed by atoms with Crippen molar-refractivity contribution in [1.29, 1.82) is 0 Å². The molecule has 0 unspecified atom stereocenters. The molecule has 0 aliphatic rings. The monoisotopic (exact) mass is 436 g/mol. The number of aromatic nitrogens is 2. The van der Waals surface area contributed by atoms with Crippen LogP contribution in [0.3, 0.4) is 0 Å². The first-order valence-corrected chi connectivity index (χ1v) is 10.1. The standard InChI is InChI=1S/C25H22F2N2O3/c1-16-21(22-12-20(27)7-8-23(22)29(16)15-25(31)32-2)11-18-6-9-24(30)28(14-18)13-17-4-3-5-19(26)10-17/h3-10,12,14H,11,13,15H2,1-2H3. The maximum atomic E-state index is 14.0.